The van der Waals surface area contributed by atoms with E-state index < -0.39 is 17.8 Å². The van der Waals surface area contributed by atoms with E-state index in [4.69, 9.17) is 0 Å². The highest BCUT2D eigenvalue weighted by molar-refractivity contribution is 5.99. The van der Waals surface area contributed by atoms with Crippen molar-refractivity contribution in [1.82, 2.24) is 25.9 Å². The van der Waals surface area contributed by atoms with Crippen LogP contribution in [0.5, 0.6) is 0 Å². The third-order valence-electron chi connectivity index (χ3n) is 7.20. The van der Waals surface area contributed by atoms with E-state index in [0.29, 0.717) is 45.6 Å². The SMILES string of the molecule is Cc1ccc([C@H](Nc2cc(C#N)c3ncc(C#N)c(NCC(C)(C)C)c3c2)C2=CN(C3(C(F)(F)F)CC3)NN2)cn1. The van der Waals surface area contributed by atoms with Gasteiger partial charge in [0.25, 0.3) is 0 Å². The molecule has 0 saturated heterocycles. The minimum Gasteiger partial charge on any atom is -0.383 e. The second-order valence-corrected chi connectivity index (χ2v) is 11.6. The minimum atomic E-state index is -4.40. The van der Waals surface area contributed by atoms with Gasteiger partial charge in [-0.25, -0.2) is 0 Å². The Bertz CT molecular complexity index is 1590. The fourth-order valence-electron chi connectivity index (χ4n) is 4.74. The number of aryl methyl sites for hydroxylation is 1. The number of hydrogen-bond donors (Lipinski definition) is 4. The molecule has 3 aromatic rings. The van der Waals surface area contributed by atoms with E-state index in [0.717, 1.165) is 10.7 Å². The number of nitrogens with one attached hydrogen (secondary N) is 4. The van der Waals surface area contributed by atoms with Crippen molar-refractivity contribution in [1.29, 1.82) is 10.5 Å². The van der Waals surface area contributed by atoms with Crippen LogP contribution in [0.25, 0.3) is 10.9 Å². The van der Waals surface area contributed by atoms with Crippen LogP contribution >= 0.6 is 0 Å². The Morgan fingerprint density at radius 3 is 2.39 bits per heavy atom. The van der Waals surface area contributed by atoms with Gasteiger partial charge in [0.15, 0.2) is 5.54 Å². The lowest BCUT2D eigenvalue weighted by Gasteiger charge is -2.28. The molecule has 1 aliphatic heterocycles. The van der Waals surface area contributed by atoms with Crippen molar-refractivity contribution in [2.45, 2.75) is 58.3 Å². The van der Waals surface area contributed by atoms with Gasteiger partial charge in [-0.05, 0) is 48.9 Å². The first-order valence-corrected chi connectivity index (χ1v) is 13.1. The molecule has 0 radical (unpaired) electrons. The molecule has 1 aromatic carbocycles. The van der Waals surface area contributed by atoms with Crippen LogP contribution in [0.4, 0.5) is 24.5 Å². The van der Waals surface area contributed by atoms with Crippen molar-refractivity contribution in [2.75, 3.05) is 17.2 Å². The predicted octanol–water partition coefficient (Wildman–Crippen LogP) is 5.55. The highest BCUT2D eigenvalue weighted by Crippen LogP contribution is 2.53. The summed E-state index contributed by atoms with van der Waals surface area (Å²) in [5.74, 6) is 0. The normalized spacial score (nSPS) is 16.8. The number of hydrazine groups is 2. The zero-order chi connectivity index (χ0) is 29.6. The van der Waals surface area contributed by atoms with Gasteiger partial charge < -0.3 is 16.1 Å². The second-order valence-electron chi connectivity index (χ2n) is 11.6. The summed E-state index contributed by atoms with van der Waals surface area (Å²) in [7, 11) is 0. The van der Waals surface area contributed by atoms with Crippen LogP contribution in [0.1, 0.15) is 62.0 Å². The zero-order valence-corrected chi connectivity index (χ0v) is 23.1. The molecule has 9 nitrogen and oxygen atoms in total. The van der Waals surface area contributed by atoms with Gasteiger partial charge >= 0.3 is 6.18 Å². The summed E-state index contributed by atoms with van der Waals surface area (Å²) < 4.78 is 41.5. The van der Waals surface area contributed by atoms with Gasteiger partial charge in [0.1, 0.15) is 12.1 Å². The maximum atomic E-state index is 13.8. The van der Waals surface area contributed by atoms with Gasteiger partial charge in [0.05, 0.1) is 34.1 Å². The maximum absolute atomic E-state index is 13.8. The topological polar surface area (TPSA) is 125 Å². The van der Waals surface area contributed by atoms with Crippen LogP contribution in [-0.4, -0.2) is 33.2 Å². The second kappa shape index (κ2) is 10.1. The molecule has 0 spiro atoms. The molecular formula is C29H30F3N9. The molecule has 12 heteroatoms. The Hall–Kier alpha value is -4.55. The smallest absolute Gasteiger partial charge is 0.383 e. The fraction of sp³-hybridized carbons (Fsp3) is 0.379. The Kier molecular flexibility index (Phi) is 6.92. The van der Waals surface area contributed by atoms with Crippen molar-refractivity contribution >= 4 is 22.3 Å². The van der Waals surface area contributed by atoms with Crippen LogP contribution in [0, 0.1) is 35.0 Å². The molecule has 5 rings (SSSR count). The van der Waals surface area contributed by atoms with Gasteiger partial charge in [-0.15, -0.1) is 5.53 Å². The first-order valence-electron chi connectivity index (χ1n) is 13.1. The summed E-state index contributed by atoms with van der Waals surface area (Å²) in [5, 5.41) is 28.2. The fourth-order valence-corrected chi connectivity index (χ4v) is 4.74. The molecule has 1 aliphatic carbocycles. The third kappa shape index (κ3) is 5.43. The summed E-state index contributed by atoms with van der Waals surface area (Å²) in [4.78, 5) is 8.77. The molecule has 4 N–H and O–H groups in total. The Balaban J connectivity index is 1.58. The number of hydrogen-bond acceptors (Lipinski definition) is 9. The Morgan fingerprint density at radius 1 is 1.07 bits per heavy atom. The molecule has 212 valence electrons. The molecular weight excluding hydrogens is 531 g/mol. The number of pyridine rings is 2. The molecule has 3 heterocycles. The van der Waals surface area contributed by atoms with Crippen LogP contribution in [0.15, 0.2) is 48.6 Å². The number of anilines is 2. The molecule has 0 bridgehead atoms. The Morgan fingerprint density at radius 2 is 1.80 bits per heavy atom. The number of alkyl halides is 3. The van der Waals surface area contributed by atoms with Crippen molar-refractivity contribution in [3.05, 3.63) is 70.9 Å². The highest BCUT2D eigenvalue weighted by atomic mass is 19.4. The summed E-state index contributed by atoms with van der Waals surface area (Å²) in [5.41, 5.74) is 7.61. The van der Waals surface area contributed by atoms with E-state index in [-0.39, 0.29) is 23.8 Å². The average molecular weight is 562 g/mol. The monoisotopic (exact) mass is 561 g/mol. The van der Waals surface area contributed by atoms with Gasteiger partial charge in [-0.1, -0.05) is 26.8 Å². The first-order chi connectivity index (χ1) is 19.3. The van der Waals surface area contributed by atoms with Crippen molar-refractivity contribution in [3.63, 3.8) is 0 Å². The summed E-state index contributed by atoms with van der Waals surface area (Å²) >= 11 is 0. The highest BCUT2D eigenvalue weighted by Gasteiger charge is 2.67. The van der Waals surface area contributed by atoms with E-state index in [9.17, 15) is 23.7 Å². The minimum absolute atomic E-state index is 0.00604. The summed E-state index contributed by atoms with van der Waals surface area (Å²) in [6.45, 7) is 8.60. The lowest BCUT2D eigenvalue weighted by molar-refractivity contribution is -0.195. The van der Waals surface area contributed by atoms with E-state index >= 15 is 0 Å². The van der Waals surface area contributed by atoms with Crippen molar-refractivity contribution < 1.29 is 13.2 Å². The molecule has 1 fully saturated rings. The lowest BCUT2D eigenvalue weighted by atomic mass is 9.96. The van der Waals surface area contributed by atoms with Crippen LogP contribution < -0.4 is 21.6 Å². The lowest BCUT2D eigenvalue weighted by Crippen LogP contribution is -2.52. The van der Waals surface area contributed by atoms with Gasteiger partial charge in [-0.2, -0.15) is 23.7 Å². The molecule has 2 aliphatic rings. The van der Waals surface area contributed by atoms with E-state index in [1.165, 1.54) is 12.4 Å². The molecule has 1 saturated carbocycles. The number of nitriles is 2. The number of rotatable bonds is 7. The Labute approximate surface area is 236 Å². The largest absolute Gasteiger partial charge is 0.413 e. The molecule has 0 amide bonds. The van der Waals surface area contributed by atoms with Crippen LogP contribution in [0.2, 0.25) is 0 Å². The van der Waals surface area contributed by atoms with Gasteiger partial charge in [0.2, 0.25) is 0 Å². The molecule has 1 atom stereocenters. The molecule has 0 unspecified atom stereocenters. The first kappa shape index (κ1) is 28.0. The number of aromatic nitrogens is 2. The van der Waals surface area contributed by atoms with E-state index in [1.54, 1.807) is 18.3 Å². The van der Waals surface area contributed by atoms with Crippen molar-refractivity contribution in [3.8, 4) is 12.1 Å². The number of halogens is 3. The summed E-state index contributed by atoms with van der Waals surface area (Å²) in [6.07, 6.45) is 0.123. The van der Waals surface area contributed by atoms with Gasteiger partial charge in [0, 0.05) is 41.9 Å². The van der Waals surface area contributed by atoms with Crippen molar-refractivity contribution in [2.24, 2.45) is 5.41 Å². The summed E-state index contributed by atoms with van der Waals surface area (Å²) in [6, 6.07) is 10.8. The van der Waals surface area contributed by atoms with Gasteiger partial charge in [-0.3, -0.25) is 15.0 Å². The van der Waals surface area contributed by atoms with E-state index in [2.05, 4.69) is 64.5 Å². The molecule has 2 aromatic heterocycles. The average Bonchev–Trinajstić information content (AvgIpc) is 3.61. The zero-order valence-electron chi connectivity index (χ0n) is 23.1. The standard InChI is InChI=1S/C29H30F3N9/c1-17-5-6-18(13-35-17)26(23-15-41(40-39-23)28(7-8-28)29(30,31)32)38-21-9-19(11-33)24-22(10-21)25(20(12-34)14-36-24)37-16-27(2,3)4/h5-6,9-10,13-15,26,38-40H,7-8,16H2,1-4H3,(H,36,37)/t26-/m0/s1. The maximum Gasteiger partial charge on any atom is 0.413 e. The quantitative estimate of drug-likeness (QED) is 0.294. The molecule has 41 heavy (non-hydrogen) atoms. The van der Waals surface area contributed by atoms with Crippen LogP contribution in [-0.2, 0) is 0 Å². The van der Waals surface area contributed by atoms with Crippen LogP contribution in [0.3, 0.4) is 0 Å². The number of nitrogens with zero attached hydrogens (tertiary/aromatic N) is 5. The number of fused-ring (bicyclic) bond motifs is 1. The number of benzene rings is 1. The third-order valence-corrected chi connectivity index (χ3v) is 7.20. The predicted molar refractivity (Wildman–Crippen MR) is 149 cm³/mol. The van der Waals surface area contributed by atoms with E-state index in [1.807, 2.05) is 19.1 Å².